The number of imide groups is 1. The minimum atomic E-state index is -1.29. The zero-order valence-electron chi connectivity index (χ0n) is 15.5. The summed E-state index contributed by atoms with van der Waals surface area (Å²) in [6.07, 6.45) is 0.443. The van der Waals surface area contributed by atoms with E-state index in [0.717, 1.165) is 10.5 Å². The average molecular weight is 361 g/mol. The maximum Gasteiger partial charge on any atom is 0.328 e. The number of fused-ring (bicyclic) bond motifs is 1. The van der Waals surface area contributed by atoms with E-state index in [9.17, 15) is 14.7 Å². The molecule has 3 rings (SSSR count). The molecule has 8 nitrogen and oxygen atoms in total. The topological polar surface area (TPSA) is 93.4 Å². The Morgan fingerprint density at radius 3 is 2.42 bits per heavy atom. The van der Waals surface area contributed by atoms with Gasteiger partial charge in [0.15, 0.2) is 5.79 Å². The van der Waals surface area contributed by atoms with E-state index >= 15 is 0 Å². The second kappa shape index (κ2) is 6.96. The smallest absolute Gasteiger partial charge is 0.328 e. The van der Waals surface area contributed by atoms with E-state index in [4.69, 9.17) is 5.73 Å². The first kappa shape index (κ1) is 18.8. The summed E-state index contributed by atoms with van der Waals surface area (Å²) < 4.78 is 0. The number of benzene rings is 1. The summed E-state index contributed by atoms with van der Waals surface area (Å²) in [5, 5.41) is 9.63. The summed E-state index contributed by atoms with van der Waals surface area (Å²) >= 11 is 0. The number of nitrogens with zero attached hydrogens (tertiary/aromatic N) is 4. The molecule has 142 valence electrons. The summed E-state index contributed by atoms with van der Waals surface area (Å²) in [4.78, 5) is 32.0. The van der Waals surface area contributed by atoms with Crippen LogP contribution in [0.25, 0.3) is 0 Å². The Hall–Kier alpha value is -2.00. The highest BCUT2D eigenvalue weighted by atomic mass is 16.3. The van der Waals surface area contributed by atoms with Gasteiger partial charge in [-0.1, -0.05) is 37.3 Å². The molecule has 3 amide bonds. The van der Waals surface area contributed by atoms with Crippen molar-refractivity contribution in [2.24, 2.45) is 5.73 Å². The second-order valence-corrected chi connectivity index (χ2v) is 6.84. The first-order chi connectivity index (χ1) is 12.4. The SMILES string of the molecule is CCN1C(Cc2ccccc2)N(CCO)C2(N)C1C(=O)N(C)C(=O)N2C. The van der Waals surface area contributed by atoms with Crippen LogP contribution in [-0.2, 0) is 11.2 Å². The fraction of sp³-hybridized carbons (Fsp3) is 0.556. The Bertz CT molecular complexity index is 685. The Balaban J connectivity index is 2.07. The van der Waals surface area contributed by atoms with Gasteiger partial charge in [-0.3, -0.25) is 25.2 Å². The Kier molecular flexibility index (Phi) is 5.03. The number of hydrogen-bond acceptors (Lipinski definition) is 6. The normalized spacial score (nSPS) is 30.2. The third kappa shape index (κ3) is 2.61. The predicted octanol–water partition coefficient (Wildman–Crippen LogP) is -0.310. The molecule has 3 unspecified atom stereocenters. The fourth-order valence-electron chi connectivity index (χ4n) is 4.23. The molecule has 2 saturated heterocycles. The standard InChI is InChI=1S/C18H27N5O3/c1-4-22-14(12-13-8-6-5-7-9-13)23(10-11-24)18(19)15(22)16(25)20(2)17(26)21(18)3/h5-9,14-15,24H,4,10-12,19H2,1-3H3. The number of likely N-dealkylation sites (N-methyl/N-ethyl adjacent to an activating group) is 3. The van der Waals surface area contributed by atoms with Crippen LogP contribution >= 0.6 is 0 Å². The molecular formula is C18H27N5O3. The monoisotopic (exact) mass is 361 g/mol. The second-order valence-electron chi connectivity index (χ2n) is 6.84. The van der Waals surface area contributed by atoms with Gasteiger partial charge in [0.25, 0.3) is 5.91 Å². The highest BCUT2D eigenvalue weighted by Crippen LogP contribution is 2.39. The molecule has 0 aliphatic carbocycles. The molecule has 8 heteroatoms. The third-order valence-corrected chi connectivity index (χ3v) is 5.58. The minimum absolute atomic E-state index is 0.111. The molecule has 0 radical (unpaired) electrons. The van der Waals surface area contributed by atoms with Gasteiger partial charge in [-0.2, -0.15) is 0 Å². The quantitative estimate of drug-likeness (QED) is 0.747. The van der Waals surface area contributed by atoms with Gasteiger partial charge in [-0.25, -0.2) is 9.69 Å². The molecule has 1 aromatic rings. The molecule has 0 spiro atoms. The number of nitrogens with two attached hydrogens (primary N) is 1. The number of aliphatic hydroxyl groups excluding tert-OH is 1. The highest BCUT2D eigenvalue weighted by molar-refractivity contribution is 6.01. The van der Waals surface area contributed by atoms with Crippen LogP contribution in [0.2, 0.25) is 0 Å². The van der Waals surface area contributed by atoms with Gasteiger partial charge in [0, 0.05) is 27.1 Å². The van der Waals surface area contributed by atoms with Crippen LogP contribution < -0.4 is 5.73 Å². The van der Waals surface area contributed by atoms with Crippen molar-refractivity contribution in [3.63, 3.8) is 0 Å². The van der Waals surface area contributed by atoms with E-state index in [-0.39, 0.29) is 25.2 Å². The number of urea groups is 1. The number of rotatable bonds is 5. The van der Waals surface area contributed by atoms with E-state index in [1.165, 1.54) is 11.9 Å². The zero-order valence-corrected chi connectivity index (χ0v) is 15.5. The molecule has 2 aliphatic rings. The van der Waals surface area contributed by atoms with Crippen LogP contribution in [0.1, 0.15) is 12.5 Å². The van der Waals surface area contributed by atoms with Gasteiger partial charge >= 0.3 is 6.03 Å². The van der Waals surface area contributed by atoms with Crippen molar-refractivity contribution in [1.82, 2.24) is 19.6 Å². The first-order valence-electron chi connectivity index (χ1n) is 8.89. The number of amides is 3. The van der Waals surface area contributed by atoms with E-state index < -0.39 is 17.9 Å². The van der Waals surface area contributed by atoms with Crippen LogP contribution in [0.4, 0.5) is 4.79 Å². The van der Waals surface area contributed by atoms with E-state index in [0.29, 0.717) is 13.0 Å². The van der Waals surface area contributed by atoms with Crippen LogP contribution in [-0.4, -0.2) is 88.4 Å². The summed E-state index contributed by atoms with van der Waals surface area (Å²) in [6.45, 7) is 2.74. The van der Waals surface area contributed by atoms with E-state index in [2.05, 4.69) is 0 Å². The lowest BCUT2D eigenvalue weighted by Crippen LogP contribution is -2.78. The van der Waals surface area contributed by atoms with Crippen LogP contribution in [0.3, 0.4) is 0 Å². The molecule has 3 atom stereocenters. The van der Waals surface area contributed by atoms with Gasteiger partial charge in [0.05, 0.1) is 12.8 Å². The molecule has 2 heterocycles. The molecule has 0 aromatic heterocycles. The average Bonchev–Trinajstić information content (AvgIpc) is 2.89. The lowest BCUT2D eigenvalue weighted by atomic mass is 10.0. The maximum atomic E-state index is 13.0. The molecule has 0 bridgehead atoms. The number of carbonyl (C=O) groups is 2. The summed E-state index contributed by atoms with van der Waals surface area (Å²) in [5.74, 6) is -1.60. The maximum absolute atomic E-state index is 13.0. The van der Waals surface area contributed by atoms with Gasteiger partial charge in [-0.05, 0) is 12.1 Å². The lowest BCUT2D eigenvalue weighted by Gasteiger charge is -2.49. The zero-order chi connectivity index (χ0) is 19.1. The number of β-amino-alcohol motifs (C(OH)–C–C–N with tert-alkyl or cyclic N) is 1. The van der Waals surface area contributed by atoms with Crippen molar-refractivity contribution in [1.29, 1.82) is 0 Å². The van der Waals surface area contributed by atoms with Gasteiger partial charge < -0.3 is 5.11 Å². The Morgan fingerprint density at radius 2 is 1.85 bits per heavy atom. The Morgan fingerprint density at radius 1 is 1.19 bits per heavy atom. The van der Waals surface area contributed by atoms with Crippen molar-refractivity contribution >= 4 is 11.9 Å². The van der Waals surface area contributed by atoms with Gasteiger partial charge in [0.2, 0.25) is 0 Å². The van der Waals surface area contributed by atoms with Crippen molar-refractivity contribution in [2.75, 3.05) is 33.8 Å². The van der Waals surface area contributed by atoms with Crippen molar-refractivity contribution in [2.45, 2.75) is 31.3 Å². The highest BCUT2D eigenvalue weighted by Gasteiger charge is 2.64. The summed E-state index contributed by atoms with van der Waals surface area (Å²) in [7, 11) is 3.09. The van der Waals surface area contributed by atoms with Crippen LogP contribution in [0.15, 0.2) is 30.3 Å². The third-order valence-electron chi connectivity index (χ3n) is 5.58. The predicted molar refractivity (Wildman–Crippen MR) is 96.7 cm³/mol. The fourth-order valence-corrected chi connectivity index (χ4v) is 4.23. The van der Waals surface area contributed by atoms with Crippen molar-refractivity contribution < 1.29 is 14.7 Å². The largest absolute Gasteiger partial charge is 0.395 e. The van der Waals surface area contributed by atoms with Gasteiger partial charge in [-0.15, -0.1) is 0 Å². The van der Waals surface area contributed by atoms with E-state index in [1.807, 2.05) is 47.1 Å². The number of hydrogen-bond donors (Lipinski definition) is 2. The Labute approximate surface area is 153 Å². The molecule has 0 saturated carbocycles. The lowest BCUT2D eigenvalue weighted by molar-refractivity contribution is -0.144. The molecule has 3 N–H and O–H groups in total. The van der Waals surface area contributed by atoms with Crippen LogP contribution in [0, 0.1) is 0 Å². The first-order valence-corrected chi connectivity index (χ1v) is 8.89. The molecular weight excluding hydrogens is 334 g/mol. The number of aliphatic hydroxyl groups is 1. The number of carbonyl (C=O) groups excluding carboxylic acids is 2. The molecule has 26 heavy (non-hydrogen) atoms. The van der Waals surface area contributed by atoms with Crippen molar-refractivity contribution in [3.05, 3.63) is 35.9 Å². The minimum Gasteiger partial charge on any atom is -0.395 e. The van der Waals surface area contributed by atoms with E-state index in [1.54, 1.807) is 7.05 Å². The van der Waals surface area contributed by atoms with Crippen molar-refractivity contribution in [3.8, 4) is 0 Å². The molecule has 2 aliphatic heterocycles. The van der Waals surface area contributed by atoms with Crippen LogP contribution in [0.5, 0.6) is 0 Å². The van der Waals surface area contributed by atoms with Gasteiger partial charge in [0.1, 0.15) is 6.04 Å². The molecule has 2 fully saturated rings. The molecule has 1 aromatic carbocycles. The summed E-state index contributed by atoms with van der Waals surface area (Å²) in [5.41, 5.74) is 7.83. The summed E-state index contributed by atoms with van der Waals surface area (Å²) in [6, 6.07) is 8.83.